The monoisotopic (exact) mass is 278 g/mol. The maximum absolute atomic E-state index is 8.88. The molecule has 3 N–H and O–H groups in total. The minimum atomic E-state index is 0.0791. The van der Waals surface area contributed by atoms with Gasteiger partial charge in [0.15, 0.2) is 0 Å². The molecule has 0 bridgehead atoms. The van der Waals surface area contributed by atoms with Gasteiger partial charge in [-0.2, -0.15) is 4.98 Å². The first-order valence-electron chi connectivity index (χ1n) is 7.44. The summed E-state index contributed by atoms with van der Waals surface area (Å²) in [6.45, 7) is 2.21. The maximum Gasteiger partial charge on any atom is 0.224 e. The minimum Gasteiger partial charge on any atom is -0.395 e. The number of rotatable bonds is 7. The Morgan fingerprint density at radius 1 is 1.25 bits per heavy atom. The quantitative estimate of drug-likeness (QED) is 0.698. The summed E-state index contributed by atoms with van der Waals surface area (Å²) in [5.41, 5.74) is 1.09. The van der Waals surface area contributed by atoms with Crippen molar-refractivity contribution in [3.8, 4) is 0 Å². The average molecular weight is 278 g/mol. The predicted octanol–water partition coefficient (Wildman–Crippen LogP) is 1.35. The molecule has 2 heterocycles. The molecule has 6 heteroatoms. The second-order valence-corrected chi connectivity index (χ2v) is 5.44. The lowest BCUT2D eigenvalue weighted by Gasteiger charge is -2.13. The summed E-state index contributed by atoms with van der Waals surface area (Å²) in [5, 5.41) is 15.3. The van der Waals surface area contributed by atoms with Crippen LogP contribution in [0.5, 0.6) is 0 Å². The Kier molecular flexibility index (Phi) is 4.32. The van der Waals surface area contributed by atoms with Gasteiger partial charge in [0.05, 0.1) is 18.4 Å². The van der Waals surface area contributed by atoms with Crippen LogP contribution < -0.4 is 10.6 Å². The molecule has 1 aliphatic carbocycles. The Morgan fingerprint density at radius 3 is 2.85 bits per heavy atom. The van der Waals surface area contributed by atoms with Gasteiger partial charge in [-0.15, -0.1) is 0 Å². The molecule has 1 aromatic heterocycles. The molecule has 0 amide bonds. The summed E-state index contributed by atoms with van der Waals surface area (Å²) in [4.78, 5) is 8.95. The van der Waals surface area contributed by atoms with Gasteiger partial charge in [0, 0.05) is 31.7 Å². The van der Waals surface area contributed by atoms with E-state index < -0.39 is 0 Å². The van der Waals surface area contributed by atoms with Crippen molar-refractivity contribution in [2.45, 2.75) is 37.7 Å². The van der Waals surface area contributed by atoms with Gasteiger partial charge in [-0.25, -0.2) is 4.98 Å². The summed E-state index contributed by atoms with van der Waals surface area (Å²) in [6, 6.07) is 2.04. The van der Waals surface area contributed by atoms with E-state index in [1.165, 1.54) is 12.8 Å². The predicted molar refractivity (Wildman–Crippen MR) is 77.0 cm³/mol. The SMILES string of the molecule is OCCNc1nc(NC[C@@H]2CCCO2)cc(C2CC2)n1. The number of anilines is 2. The summed E-state index contributed by atoms with van der Waals surface area (Å²) in [6.07, 6.45) is 4.97. The van der Waals surface area contributed by atoms with Crippen molar-refractivity contribution in [2.24, 2.45) is 0 Å². The van der Waals surface area contributed by atoms with E-state index in [0.29, 0.717) is 24.5 Å². The molecule has 110 valence electrons. The number of hydrogen-bond acceptors (Lipinski definition) is 6. The van der Waals surface area contributed by atoms with Gasteiger partial charge < -0.3 is 20.5 Å². The van der Waals surface area contributed by atoms with Gasteiger partial charge in [0.2, 0.25) is 5.95 Å². The Labute approximate surface area is 119 Å². The Morgan fingerprint density at radius 2 is 2.15 bits per heavy atom. The highest BCUT2D eigenvalue weighted by atomic mass is 16.5. The van der Waals surface area contributed by atoms with Crippen LogP contribution in [-0.2, 0) is 4.74 Å². The van der Waals surface area contributed by atoms with Gasteiger partial charge in [0.1, 0.15) is 5.82 Å². The normalized spacial score (nSPS) is 21.9. The lowest BCUT2D eigenvalue weighted by Crippen LogP contribution is -2.19. The Balaban J connectivity index is 1.65. The zero-order valence-corrected chi connectivity index (χ0v) is 11.6. The fourth-order valence-electron chi connectivity index (χ4n) is 2.42. The first-order valence-corrected chi connectivity index (χ1v) is 7.44. The summed E-state index contributed by atoms with van der Waals surface area (Å²) < 4.78 is 5.61. The second-order valence-electron chi connectivity index (χ2n) is 5.44. The summed E-state index contributed by atoms with van der Waals surface area (Å²) in [7, 11) is 0. The molecule has 20 heavy (non-hydrogen) atoms. The highest BCUT2D eigenvalue weighted by molar-refractivity contribution is 5.44. The van der Waals surface area contributed by atoms with E-state index in [1.807, 2.05) is 6.07 Å². The van der Waals surface area contributed by atoms with E-state index >= 15 is 0 Å². The highest BCUT2D eigenvalue weighted by Gasteiger charge is 2.26. The molecule has 3 rings (SSSR count). The molecular formula is C14H22N4O2. The molecule has 1 saturated carbocycles. The molecule has 0 unspecified atom stereocenters. The van der Waals surface area contributed by atoms with Crippen LogP contribution in [0.1, 0.15) is 37.3 Å². The van der Waals surface area contributed by atoms with E-state index in [4.69, 9.17) is 9.84 Å². The fraction of sp³-hybridized carbons (Fsp3) is 0.714. The maximum atomic E-state index is 8.88. The van der Waals surface area contributed by atoms with E-state index in [1.54, 1.807) is 0 Å². The van der Waals surface area contributed by atoms with E-state index in [9.17, 15) is 0 Å². The fourth-order valence-corrected chi connectivity index (χ4v) is 2.42. The van der Waals surface area contributed by atoms with Gasteiger partial charge in [-0.1, -0.05) is 0 Å². The Bertz CT molecular complexity index is 445. The van der Waals surface area contributed by atoms with Crippen LogP contribution in [-0.4, -0.2) is 47.5 Å². The summed E-state index contributed by atoms with van der Waals surface area (Å²) in [5.74, 6) is 2.02. The van der Waals surface area contributed by atoms with Crippen molar-refractivity contribution >= 4 is 11.8 Å². The third kappa shape index (κ3) is 3.58. The lowest BCUT2D eigenvalue weighted by atomic mass is 10.2. The van der Waals surface area contributed by atoms with Crippen molar-refractivity contribution < 1.29 is 9.84 Å². The largest absolute Gasteiger partial charge is 0.395 e. The van der Waals surface area contributed by atoms with Crippen molar-refractivity contribution in [2.75, 3.05) is 36.9 Å². The summed E-state index contributed by atoms with van der Waals surface area (Å²) >= 11 is 0. The number of aromatic nitrogens is 2. The lowest BCUT2D eigenvalue weighted by molar-refractivity contribution is 0.120. The van der Waals surface area contributed by atoms with Crippen molar-refractivity contribution in [3.63, 3.8) is 0 Å². The molecule has 0 spiro atoms. The number of aliphatic hydroxyl groups is 1. The molecule has 2 fully saturated rings. The van der Waals surface area contributed by atoms with E-state index in [-0.39, 0.29) is 6.61 Å². The van der Waals surface area contributed by atoms with Crippen molar-refractivity contribution in [3.05, 3.63) is 11.8 Å². The van der Waals surface area contributed by atoms with Crippen molar-refractivity contribution in [1.82, 2.24) is 9.97 Å². The van der Waals surface area contributed by atoms with Crippen LogP contribution in [0.4, 0.5) is 11.8 Å². The number of hydrogen-bond donors (Lipinski definition) is 3. The molecule has 0 radical (unpaired) electrons. The first-order chi connectivity index (χ1) is 9.85. The molecule has 2 aliphatic rings. The van der Waals surface area contributed by atoms with Gasteiger partial charge in [-0.05, 0) is 25.7 Å². The third-order valence-electron chi connectivity index (χ3n) is 3.67. The molecule has 6 nitrogen and oxygen atoms in total. The van der Waals surface area contributed by atoms with Crippen LogP contribution in [0.2, 0.25) is 0 Å². The van der Waals surface area contributed by atoms with Crippen molar-refractivity contribution in [1.29, 1.82) is 0 Å². The first kappa shape index (κ1) is 13.6. The number of aliphatic hydroxyl groups excluding tert-OH is 1. The molecular weight excluding hydrogens is 256 g/mol. The standard InChI is InChI=1S/C14H22N4O2/c19-6-5-15-14-17-12(10-3-4-10)8-13(18-14)16-9-11-2-1-7-20-11/h8,10-11,19H,1-7,9H2,(H2,15,16,17,18)/t11-/m0/s1. The smallest absolute Gasteiger partial charge is 0.224 e. The van der Waals surface area contributed by atoms with Crippen LogP contribution >= 0.6 is 0 Å². The van der Waals surface area contributed by atoms with Crippen LogP contribution in [0.25, 0.3) is 0 Å². The third-order valence-corrected chi connectivity index (χ3v) is 3.67. The van der Waals surface area contributed by atoms with Crippen LogP contribution in [0.3, 0.4) is 0 Å². The minimum absolute atomic E-state index is 0.0791. The number of ether oxygens (including phenoxy) is 1. The van der Waals surface area contributed by atoms with Gasteiger partial charge in [0.25, 0.3) is 0 Å². The molecule has 1 aromatic rings. The zero-order valence-electron chi connectivity index (χ0n) is 11.6. The topological polar surface area (TPSA) is 79.3 Å². The molecule has 1 aliphatic heterocycles. The zero-order chi connectivity index (χ0) is 13.8. The van der Waals surface area contributed by atoms with E-state index in [2.05, 4.69) is 20.6 Å². The average Bonchev–Trinajstić information content (AvgIpc) is 3.20. The number of nitrogens with zero attached hydrogens (tertiary/aromatic N) is 2. The van der Waals surface area contributed by atoms with Crippen LogP contribution in [0, 0.1) is 0 Å². The highest BCUT2D eigenvalue weighted by Crippen LogP contribution is 2.39. The molecule has 0 aromatic carbocycles. The van der Waals surface area contributed by atoms with Gasteiger partial charge in [-0.3, -0.25) is 0 Å². The van der Waals surface area contributed by atoms with Gasteiger partial charge >= 0.3 is 0 Å². The molecule has 1 atom stereocenters. The van der Waals surface area contributed by atoms with E-state index in [0.717, 1.165) is 37.5 Å². The number of nitrogens with one attached hydrogen (secondary N) is 2. The molecule has 1 saturated heterocycles. The van der Waals surface area contributed by atoms with Crippen LogP contribution in [0.15, 0.2) is 6.07 Å². The second kappa shape index (κ2) is 6.37. The Hall–Kier alpha value is -1.40.